The monoisotopic (exact) mass is 370 g/mol. The third-order valence-electron chi connectivity index (χ3n) is 4.69. The number of aldehydes is 1. The average molecular weight is 371 g/mol. The predicted molar refractivity (Wildman–Crippen MR) is 108 cm³/mol. The first-order valence-electron chi connectivity index (χ1n) is 8.91. The van der Waals surface area contributed by atoms with Gasteiger partial charge in [0, 0.05) is 10.8 Å². The van der Waals surface area contributed by atoms with Crippen LogP contribution in [0.2, 0.25) is 19.6 Å². The number of allylic oxidation sites excluding steroid dienone is 2. The molecular weight excluding hydrogens is 344 g/mol. The molecule has 0 amide bonds. The highest BCUT2D eigenvalue weighted by atomic mass is 32.1. The quantitative estimate of drug-likeness (QED) is 0.399. The maximum Gasteiger partial charge on any atom is 0.160 e. The van der Waals surface area contributed by atoms with Gasteiger partial charge in [-0.25, -0.2) is 0 Å². The molecule has 1 aliphatic heterocycles. The lowest BCUT2D eigenvalue weighted by Gasteiger charge is -2.33. The van der Waals surface area contributed by atoms with Gasteiger partial charge in [-0.3, -0.25) is 4.79 Å². The Morgan fingerprint density at radius 2 is 2.08 bits per heavy atom. The lowest BCUT2D eigenvalue weighted by Crippen LogP contribution is -2.24. The minimum atomic E-state index is -1.39. The van der Waals surface area contributed by atoms with E-state index in [-0.39, 0.29) is 12.0 Å². The number of thiophene rings is 1. The van der Waals surface area contributed by atoms with Crippen molar-refractivity contribution in [1.82, 2.24) is 0 Å². The number of rotatable bonds is 2. The highest BCUT2D eigenvalue weighted by molar-refractivity contribution is 7.13. The van der Waals surface area contributed by atoms with E-state index in [1.165, 1.54) is 11.1 Å². The molecule has 0 spiro atoms. The van der Waals surface area contributed by atoms with E-state index in [0.717, 1.165) is 34.6 Å². The summed E-state index contributed by atoms with van der Waals surface area (Å²) in [6.45, 7) is 11.9. The lowest BCUT2D eigenvalue weighted by atomic mass is 9.78. The largest absolute Gasteiger partial charge is 0.368 e. The Hall–Kier alpha value is -1.41. The van der Waals surface area contributed by atoms with Crippen molar-refractivity contribution in [3.8, 4) is 11.5 Å². The van der Waals surface area contributed by atoms with Gasteiger partial charge in [0.2, 0.25) is 0 Å². The van der Waals surface area contributed by atoms with E-state index >= 15 is 0 Å². The summed E-state index contributed by atoms with van der Waals surface area (Å²) < 4.78 is 6.14. The number of fused-ring (bicyclic) bond motifs is 1. The summed E-state index contributed by atoms with van der Waals surface area (Å²) in [5, 5.41) is 0. The number of carbonyl (C=O) groups excluding carboxylic acids is 1. The van der Waals surface area contributed by atoms with E-state index in [0.29, 0.717) is 5.92 Å². The van der Waals surface area contributed by atoms with Crippen LogP contribution in [-0.4, -0.2) is 21.0 Å². The van der Waals surface area contributed by atoms with E-state index in [2.05, 4.69) is 57.1 Å². The second-order valence-electron chi connectivity index (χ2n) is 8.00. The molecule has 3 unspecified atom stereocenters. The molecule has 1 aliphatic carbocycles. The van der Waals surface area contributed by atoms with Crippen LogP contribution in [0.15, 0.2) is 29.4 Å². The van der Waals surface area contributed by atoms with Gasteiger partial charge in [0.25, 0.3) is 0 Å². The van der Waals surface area contributed by atoms with Crippen LogP contribution >= 0.6 is 11.3 Å². The summed E-state index contributed by atoms with van der Waals surface area (Å²) >= 11 is 1.55. The molecule has 1 aromatic rings. The standard InChI is InChI=1S/C21H26O2SSi/c1-14-10-17-6-8-23-21(19-12-18(13-22)24-15(19)2)20(17)11-16(14)7-9-25(3,4)5/h10-14,16,21H,6,8H2,1-5H3. The van der Waals surface area contributed by atoms with Crippen molar-refractivity contribution in [3.05, 3.63) is 44.7 Å². The first kappa shape index (κ1) is 18.4. The molecule has 2 aliphatic rings. The van der Waals surface area contributed by atoms with Gasteiger partial charge in [-0.1, -0.05) is 38.7 Å². The van der Waals surface area contributed by atoms with Crippen LogP contribution < -0.4 is 0 Å². The molecule has 3 atom stereocenters. The average Bonchev–Trinajstić information content (AvgIpc) is 2.92. The molecule has 2 nitrogen and oxygen atoms in total. The molecule has 132 valence electrons. The van der Waals surface area contributed by atoms with Gasteiger partial charge < -0.3 is 4.74 Å². The lowest BCUT2D eigenvalue weighted by molar-refractivity contribution is 0.0651. The SMILES string of the molecule is Cc1sc(C=O)cc1C1OCCC2=CC(C)C(C#C[Si](C)(C)C)C=C21. The molecule has 0 radical (unpaired) electrons. The van der Waals surface area contributed by atoms with Gasteiger partial charge in [-0.2, -0.15) is 0 Å². The molecule has 2 heterocycles. The zero-order valence-electron chi connectivity index (χ0n) is 15.7. The Bertz CT molecular complexity index is 798. The number of hydrogen-bond acceptors (Lipinski definition) is 3. The highest BCUT2D eigenvalue weighted by Gasteiger charge is 2.32. The Morgan fingerprint density at radius 3 is 2.72 bits per heavy atom. The van der Waals surface area contributed by atoms with Crippen molar-refractivity contribution in [2.45, 2.75) is 46.0 Å². The van der Waals surface area contributed by atoms with Gasteiger partial charge in [-0.05, 0) is 42.0 Å². The summed E-state index contributed by atoms with van der Waals surface area (Å²) in [4.78, 5) is 13.1. The molecule has 1 saturated heterocycles. The van der Waals surface area contributed by atoms with Gasteiger partial charge in [0.05, 0.1) is 11.5 Å². The smallest absolute Gasteiger partial charge is 0.160 e. The molecule has 0 aromatic carbocycles. The van der Waals surface area contributed by atoms with E-state index < -0.39 is 8.07 Å². The number of aryl methyl sites for hydroxylation is 1. The van der Waals surface area contributed by atoms with Crippen molar-refractivity contribution < 1.29 is 9.53 Å². The van der Waals surface area contributed by atoms with E-state index in [4.69, 9.17) is 4.74 Å². The van der Waals surface area contributed by atoms with Crippen molar-refractivity contribution in [2.24, 2.45) is 11.8 Å². The topological polar surface area (TPSA) is 26.3 Å². The normalized spacial score (nSPS) is 26.0. The van der Waals surface area contributed by atoms with Crippen LogP contribution in [-0.2, 0) is 4.74 Å². The maximum atomic E-state index is 11.1. The second-order valence-corrected chi connectivity index (χ2v) is 14.0. The molecule has 0 N–H and O–H groups in total. The zero-order chi connectivity index (χ0) is 18.2. The van der Waals surface area contributed by atoms with Gasteiger partial charge in [-0.15, -0.1) is 22.8 Å². The number of hydrogen-bond donors (Lipinski definition) is 0. The molecule has 25 heavy (non-hydrogen) atoms. The highest BCUT2D eigenvalue weighted by Crippen LogP contribution is 2.43. The Kier molecular flexibility index (Phi) is 5.20. The second kappa shape index (κ2) is 7.07. The van der Waals surface area contributed by atoms with Crippen molar-refractivity contribution in [1.29, 1.82) is 0 Å². The van der Waals surface area contributed by atoms with Crippen LogP contribution in [0, 0.1) is 30.2 Å². The van der Waals surface area contributed by atoms with Crippen molar-refractivity contribution >= 4 is 25.7 Å². The Labute approximate surface area is 156 Å². The fourth-order valence-corrected chi connectivity index (χ4v) is 4.87. The molecule has 0 bridgehead atoms. The number of carbonyl (C=O) groups is 1. The van der Waals surface area contributed by atoms with E-state index in [1.807, 2.05) is 6.07 Å². The molecule has 0 saturated carbocycles. The van der Waals surface area contributed by atoms with Crippen molar-refractivity contribution in [2.75, 3.05) is 6.61 Å². The fourth-order valence-electron chi connectivity index (χ4n) is 3.40. The minimum absolute atomic E-state index is 0.0615. The first-order valence-corrected chi connectivity index (χ1v) is 13.2. The van der Waals surface area contributed by atoms with Crippen LogP contribution in [0.3, 0.4) is 0 Å². The maximum absolute atomic E-state index is 11.1. The first-order chi connectivity index (χ1) is 11.8. The van der Waals surface area contributed by atoms with Crippen LogP contribution in [0.1, 0.15) is 39.6 Å². The van der Waals surface area contributed by atoms with Crippen LogP contribution in [0.25, 0.3) is 0 Å². The van der Waals surface area contributed by atoms with E-state index in [1.54, 1.807) is 11.3 Å². The summed E-state index contributed by atoms with van der Waals surface area (Å²) in [5.41, 5.74) is 7.32. The van der Waals surface area contributed by atoms with Gasteiger partial charge in [0.15, 0.2) is 6.29 Å². The summed E-state index contributed by atoms with van der Waals surface area (Å²) in [6, 6.07) is 1.99. The molecule has 3 rings (SSSR count). The fraction of sp³-hybridized carbons (Fsp3) is 0.476. The van der Waals surface area contributed by atoms with Gasteiger partial charge in [0.1, 0.15) is 14.2 Å². The molecule has 1 fully saturated rings. The Morgan fingerprint density at radius 1 is 1.32 bits per heavy atom. The van der Waals surface area contributed by atoms with E-state index in [9.17, 15) is 4.79 Å². The predicted octanol–water partition coefficient (Wildman–Crippen LogP) is 5.33. The number of ether oxygens (including phenoxy) is 1. The Balaban J connectivity index is 1.98. The summed E-state index contributed by atoms with van der Waals surface area (Å²) in [6.07, 6.45) is 6.55. The summed E-state index contributed by atoms with van der Waals surface area (Å²) in [5.74, 6) is 4.22. The minimum Gasteiger partial charge on any atom is -0.368 e. The molecular formula is C21H26O2SSi. The van der Waals surface area contributed by atoms with Crippen LogP contribution in [0.4, 0.5) is 0 Å². The zero-order valence-corrected chi connectivity index (χ0v) is 17.5. The molecule has 1 aromatic heterocycles. The third-order valence-corrected chi connectivity index (χ3v) is 6.57. The molecule has 4 heteroatoms. The van der Waals surface area contributed by atoms with Crippen LogP contribution in [0.5, 0.6) is 0 Å². The van der Waals surface area contributed by atoms with Gasteiger partial charge >= 0.3 is 0 Å². The van der Waals surface area contributed by atoms with Crippen molar-refractivity contribution in [3.63, 3.8) is 0 Å². The summed E-state index contributed by atoms with van der Waals surface area (Å²) in [7, 11) is -1.39. The third kappa shape index (κ3) is 4.06.